The van der Waals surface area contributed by atoms with E-state index in [9.17, 15) is 4.79 Å². The van der Waals surface area contributed by atoms with Crippen molar-refractivity contribution in [2.75, 3.05) is 20.8 Å². The lowest BCUT2D eigenvalue weighted by Gasteiger charge is -2.32. The van der Waals surface area contributed by atoms with Gasteiger partial charge < -0.3 is 14.8 Å². The maximum atomic E-state index is 12.2. The van der Waals surface area contributed by atoms with Gasteiger partial charge in [0.1, 0.15) is 11.9 Å². The number of likely N-dealkylation sites (tertiary alicyclic amines) is 1. The molecular formula is C25H41N5O3. The first kappa shape index (κ1) is 27.0. The molecule has 6 atom stereocenters. The fraction of sp³-hybridized carbons (Fsp3) is 0.760. The van der Waals surface area contributed by atoms with Crippen LogP contribution in [0.1, 0.15) is 78.1 Å². The van der Waals surface area contributed by atoms with Gasteiger partial charge in [-0.2, -0.15) is 5.26 Å². The van der Waals surface area contributed by atoms with Gasteiger partial charge in [-0.3, -0.25) is 4.90 Å². The first-order chi connectivity index (χ1) is 16.0. The van der Waals surface area contributed by atoms with Crippen molar-refractivity contribution in [2.45, 2.75) is 96.4 Å². The van der Waals surface area contributed by atoms with Crippen LogP contribution in [0.2, 0.25) is 0 Å². The second-order valence-corrected chi connectivity index (χ2v) is 8.62. The molecule has 2 heterocycles. The summed E-state index contributed by atoms with van der Waals surface area (Å²) in [7, 11) is 3.36. The summed E-state index contributed by atoms with van der Waals surface area (Å²) in [6, 6.07) is 2.39. The van der Waals surface area contributed by atoms with Crippen LogP contribution in [0.4, 0.5) is 4.79 Å². The van der Waals surface area contributed by atoms with E-state index < -0.39 is 0 Å². The first-order valence-corrected chi connectivity index (χ1v) is 12.4. The van der Waals surface area contributed by atoms with Gasteiger partial charge in [0.2, 0.25) is 0 Å². The Bertz CT molecular complexity index is 796. The highest BCUT2D eigenvalue weighted by Gasteiger charge is 2.60. The summed E-state index contributed by atoms with van der Waals surface area (Å²) >= 11 is 0. The highest BCUT2D eigenvalue weighted by molar-refractivity contribution is 5.69. The number of likely N-dealkylation sites (N-methyl/N-ethyl adjacent to an activating group) is 1. The summed E-state index contributed by atoms with van der Waals surface area (Å²) in [6.45, 7) is 10.6. The van der Waals surface area contributed by atoms with Crippen LogP contribution in [0.15, 0.2) is 12.4 Å². The number of nitriles is 1. The fourth-order valence-corrected chi connectivity index (χ4v) is 5.35. The quantitative estimate of drug-likeness (QED) is 0.709. The molecule has 0 bridgehead atoms. The van der Waals surface area contributed by atoms with E-state index in [0.717, 1.165) is 37.9 Å². The molecule has 1 N–H and O–H groups in total. The Morgan fingerprint density at radius 2 is 1.94 bits per heavy atom. The van der Waals surface area contributed by atoms with Crippen LogP contribution in [0.3, 0.4) is 0 Å². The summed E-state index contributed by atoms with van der Waals surface area (Å²) < 4.78 is 11.3. The highest BCUT2D eigenvalue weighted by atomic mass is 16.5. The number of fused-ring (bicyclic) bond motifs is 1. The number of hydrogen-bond acceptors (Lipinski definition) is 7. The Labute approximate surface area is 199 Å². The van der Waals surface area contributed by atoms with Gasteiger partial charge in [-0.1, -0.05) is 27.7 Å². The van der Waals surface area contributed by atoms with Crippen molar-refractivity contribution >= 4 is 6.09 Å². The first-order valence-electron chi connectivity index (χ1n) is 12.4. The van der Waals surface area contributed by atoms with Crippen LogP contribution in [0, 0.1) is 17.2 Å². The molecule has 1 aliphatic heterocycles. The standard InChI is InChI=1S/C21H29N5O3.2C2H6/c1-13-6-17(23-2)18(26(13)20(27)28-3)12-29-16-4-5-21(8-15(21)7-16)19-24-10-14(9-22)11-25-19;2*1-2/h10-11,13,15-18,23H,4-8,12H2,1-3H3;2*1-2H3. The number of aromatic nitrogens is 2. The molecule has 1 aromatic rings. The summed E-state index contributed by atoms with van der Waals surface area (Å²) in [4.78, 5) is 22.9. The molecule has 184 valence electrons. The molecule has 2 saturated carbocycles. The molecule has 8 heteroatoms. The zero-order valence-corrected chi connectivity index (χ0v) is 21.3. The third kappa shape index (κ3) is 5.64. The highest BCUT2D eigenvalue weighted by Crippen LogP contribution is 2.61. The van der Waals surface area contributed by atoms with Crippen LogP contribution in [-0.4, -0.2) is 66.0 Å². The van der Waals surface area contributed by atoms with Crippen LogP contribution < -0.4 is 5.32 Å². The van der Waals surface area contributed by atoms with Crippen LogP contribution in [-0.2, 0) is 14.9 Å². The van der Waals surface area contributed by atoms with E-state index in [1.807, 2.05) is 39.6 Å². The summed E-state index contributed by atoms with van der Waals surface area (Å²) in [5.41, 5.74) is 0.570. The number of hydrogen-bond donors (Lipinski definition) is 1. The van der Waals surface area contributed by atoms with Crippen LogP contribution in [0.25, 0.3) is 0 Å². The number of carbonyl (C=O) groups is 1. The second-order valence-electron chi connectivity index (χ2n) is 8.62. The molecule has 0 radical (unpaired) electrons. The van der Waals surface area contributed by atoms with Gasteiger partial charge in [0.25, 0.3) is 0 Å². The lowest BCUT2D eigenvalue weighted by Crippen LogP contribution is -2.48. The number of carbonyl (C=O) groups excluding carboxylic acids is 1. The summed E-state index contributed by atoms with van der Waals surface area (Å²) in [5.74, 6) is 1.41. The SMILES string of the molecule is CC.CC.CNC1CC(C)N(C(=O)OC)C1COC1CCC2(c3ncc(C#N)cn3)CC2C1. The third-order valence-corrected chi connectivity index (χ3v) is 7.07. The molecule has 3 fully saturated rings. The van der Waals surface area contributed by atoms with E-state index >= 15 is 0 Å². The lowest BCUT2D eigenvalue weighted by molar-refractivity contribution is -0.0109. The van der Waals surface area contributed by atoms with E-state index in [1.54, 1.807) is 12.4 Å². The second kappa shape index (κ2) is 12.3. The topological polar surface area (TPSA) is 100 Å². The predicted molar refractivity (Wildman–Crippen MR) is 128 cm³/mol. The molecule has 1 amide bonds. The van der Waals surface area contributed by atoms with Crippen molar-refractivity contribution in [3.63, 3.8) is 0 Å². The minimum absolute atomic E-state index is 0.0183. The number of nitrogens with zero attached hydrogens (tertiary/aromatic N) is 4. The maximum Gasteiger partial charge on any atom is 0.410 e. The zero-order chi connectivity index (χ0) is 24.6. The molecular weight excluding hydrogens is 418 g/mol. The van der Waals surface area contributed by atoms with Crippen molar-refractivity contribution in [1.29, 1.82) is 5.26 Å². The summed E-state index contributed by atoms with van der Waals surface area (Å²) in [6.07, 6.45) is 8.10. The molecule has 0 spiro atoms. The molecule has 4 rings (SSSR count). The molecule has 0 aromatic carbocycles. The Morgan fingerprint density at radius 1 is 1.27 bits per heavy atom. The smallest absolute Gasteiger partial charge is 0.410 e. The summed E-state index contributed by atoms with van der Waals surface area (Å²) in [5, 5.41) is 12.3. The van der Waals surface area contributed by atoms with Gasteiger partial charge in [-0.25, -0.2) is 14.8 Å². The van der Waals surface area contributed by atoms with Gasteiger partial charge in [-0.05, 0) is 52.0 Å². The fourth-order valence-electron chi connectivity index (χ4n) is 5.35. The van der Waals surface area contributed by atoms with Gasteiger partial charge in [0.05, 0.1) is 31.4 Å². The van der Waals surface area contributed by atoms with Crippen LogP contribution >= 0.6 is 0 Å². The molecule has 1 saturated heterocycles. The lowest BCUT2D eigenvalue weighted by atomic mass is 9.86. The van der Waals surface area contributed by atoms with Crippen molar-refractivity contribution in [3.8, 4) is 6.07 Å². The minimum atomic E-state index is -0.285. The van der Waals surface area contributed by atoms with Crippen molar-refractivity contribution in [3.05, 3.63) is 23.8 Å². The van der Waals surface area contributed by atoms with E-state index in [0.29, 0.717) is 18.1 Å². The molecule has 8 nitrogen and oxygen atoms in total. The van der Waals surface area contributed by atoms with E-state index in [2.05, 4.69) is 28.3 Å². The Morgan fingerprint density at radius 3 is 2.48 bits per heavy atom. The number of methoxy groups -OCH3 is 1. The molecule has 3 aliphatic rings. The Hall–Kier alpha value is -2.24. The average Bonchev–Trinajstić information content (AvgIpc) is 3.53. The van der Waals surface area contributed by atoms with Gasteiger partial charge >= 0.3 is 6.09 Å². The Balaban J connectivity index is 0.000000914. The van der Waals surface area contributed by atoms with Crippen LogP contribution in [0.5, 0.6) is 0 Å². The maximum absolute atomic E-state index is 12.2. The Kier molecular flexibility index (Phi) is 10.1. The number of amides is 1. The number of rotatable bonds is 5. The zero-order valence-electron chi connectivity index (χ0n) is 21.3. The number of nitrogens with one attached hydrogen (secondary N) is 1. The van der Waals surface area contributed by atoms with Crippen molar-refractivity contribution < 1.29 is 14.3 Å². The van der Waals surface area contributed by atoms with Gasteiger partial charge in [0, 0.05) is 29.9 Å². The molecule has 1 aromatic heterocycles. The molecule has 2 aliphatic carbocycles. The average molecular weight is 460 g/mol. The predicted octanol–water partition coefficient (Wildman–Crippen LogP) is 4.04. The van der Waals surface area contributed by atoms with Crippen molar-refractivity contribution in [1.82, 2.24) is 20.2 Å². The molecule has 6 unspecified atom stereocenters. The van der Waals surface area contributed by atoms with Gasteiger partial charge in [0.15, 0.2) is 0 Å². The molecule has 33 heavy (non-hydrogen) atoms. The normalized spacial score (nSPS) is 31.7. The number of ether oxygens (including phenoxy) is 2. The minimum Gasteiger partial charge on any atom is -0.453 e. The largest absolute Gasteiger partial charge is 0.453 e. The van der Waals surface area contributed by atoms with E-state index in [1.165, 1.54) is 7.11 Å². The van der Waals surface area contributed by atoms with Crippen molar-refractivity contribution in [2.24, 2.45) is 5.92 Å². The van der Waals surface area contributed by atoms with E-state index in [-0.39, 0.29) is 35.7 Å². The van der Waals surface area contributed by atoms with Gasteiger partial charge in [-0.15, -0.1) is 0 Å². The third-order valence-electron chi connectivity index (χ3n) is 7.07. The van der Waals surface area contributed by atoms with E-state index in [4.69, 9.17) is 14.7 Å². The monoisotopic (exact) mass is 459 g/mol.